The van der Waals surface area contributed by atoms with Gasteiger partial charge in [-0.3, -0.25) is 4.98 Å². The van der Waals surface area contributed by atoms with E-state index in [4.69, 9.17) is 5.73 Å². The summed E-state index contributed by atoms with van der Waals surface area (Å²) in [5, 5.41) is 3.39. The molecule has 0 saturated carbocycles. The number of para-hydroxylation sites is 1. The molecule has 3 rings (SSSR count). The highest BCUT2D eigenvalue weighted by Crippen LogP contribution is 2.29. The Bertz CT molecular complexity index is 834. The zero-order valence-corrected chi connectivity index (χ0v) is 10.7. The molecule has 0 saturated heterocycles. The summed E-state index contributed by atoms with van der Waals surface area (Å²) in [5.74, 6) is -4.02. The standard InChI is InChI=1S/C15H10F3N3/c16-9-4-5-12(14(18)13(9)17)21-11-6-7-20-15-8(11)2-1-3-10(15)19/h1-7H,19H2,(H,20,21). The predicted molar refractivity (Wildman–Crippen MR) is 75.8 cm³/mol. The van der Waals surface area contributed by atoms with Crippen molar-refractivity contribution in [1.82, 2.24) is 4.98 Å². The number of anilines is 3. The molecule has 0 spiro atoms. The fourth-order valence-electron chi connectivity index (χ4n) is 2.08. The Morgan fingerprint density at radius 3 is 2.52 bits per heavy atom. The Morgan fingerprint density at radius 1 is 0.905 bits per heavy atom. The van der Waals surface area contributed by atoms with Crippen LogP contribution in [-0.2, 0) is 0 Å². The van der Waals surface area contributed by atoms with Gasteiger partial charge in [-0.2, -0.15) is 0 Å². The molecule has 0 atom stereocenters. The molecule has 0 radical (unpaired) electrons. The molecule has 106 valence electrons. The monoisotopic (exact) mass is 289 g/mol. The molecule has 21 heavy (non-hydrogen) atoms. The van der Waals surface area contributed by atoms with Crippen molar-refractivity contribution in [1.29, 1.82) is 0 Å². The predicted octanol–water partition coefficient (Wildman–Crippen LogP) is 3.98. The van der Waals surface area contributed by atoms with Crippen molar-refractivity contribution in [2.75, 3.05) is 11.1 Å². The number of halogens is 3. The van der Waals surface area contributed by atoms with Crippen molar-refractivity contribution in [3.05, 3.63) is 60.0 Å². The van der Waals surface area contributed by atoms with Gasteiger partial charge in [-0.1, -0.05) is 12.1 Å². The van der Waals surface area contributed by atoms with Gasteiger partial charge >= 0.3 is 0 Å². The van der Waals surface area contributed by atoms with E-state index in [1.165, 1.54) is 6.20 Å². The first-order valence-corrected chi connectivity index (χ1v) is 6.11. The number of rotatable bonds is 2. The molecule has 1 aromatic heterocycles. The number of nitrogens with one attached hydrogen (secondary N) is 1. The van der Waals surface area contributed by atoms with E-state index in [0.29, 0.717) is 22.3 Å². The summed E-state index contributed by atoms with van der Waals surface area (Å²) in [6.07, 6.45) is 1.50. The molecule has 6 heteroatoms. The SMILES string of the molecule is Nc1cccc2c(Nc3ccc(F)c(F)c3F)ccnc12. The van der Waals surface area contributed by atoms with Gasteiger partial charge in [-0.05, 0) is 24.3 Å². The van der Waals surface area contributed by atoms with E-state index < -0.39 is 17.5 Å². The largest absolute Gasteiger partial charge is 0.397 e. The molecule has 3 N–H and O–H groups in total. The second-order valence-electron chi connectivity index (χ2n) is 4.45. The summed E-state index contributed by atoms with van der Waals surface area (Å²) in [6, 6.07) is 8.76. The first kappa shape index (κ1) is 13.2. The van der Waals surface area contributed by atoms with Crippen LogP contribution in [0.25, 0.3) is 10.9 Å². The second kappa shape index (κ2) is 4.97. The molecule has 2 aromatic carbocycles. The fraction of sp³-hybridized carbons (Fsp3) is 0. The van der Waals surface area contributed by atoms with Crippen molar-refractivity contribution >= 4 is 28.0 Å². The molecule has 0 aliphatic carbocycles. The molecule has 1 heterocycles. The third kappa shape index (κ3) is 2.24. The number of hydrogen-bond donors (Lipinski definition) is 2. The van der Waals surface area contributed by atoms with Gasteiger partial charge in [0, 0.05) is 17.3 Å². The highest BCUT2D eigenvalue weighted by atomic mass is 19.2. The highest BCUT2D eigenvalue weighted by Gasteiger charge is 2.14. The molecule has 0 aliphatic rings. The third-order valence-corrected chi connectivity index (χ3v) is 3.11. The van der Waals surface area contributed by atoms with Crippen LogP contribution >= 0.6 is 0 Å². The zero-order chi connectivity index (χ0) is 15.0. The maximum atomic E-state index is 13.7. The normalized spacial score (nSPS) is 10.8. The maximum absolute atomic E-state index is 13.7. The number of aromatic nitrogens is 1. The Kier molecular flexibility index (Phi) is 3.13. The van der Waals surface area contributed by atoms with Gasteiger partial charge in [0.15, 0.2) is 17.5 Å². The average Bonchev–Trinajstić information content (AvgIpc) is 2.49. The molecule has 0 fully saturated rings. The number of hydrogen-bond acceptors (Lipinski definition) is 3. The van der Waals surface area contributed by atoms with Crippen molar-refractivity contribution in [2.45, 2.75) is 0 Å². The zero-order valence-electron chi connectivity index (χ0n) is 10.7. The van der Waals surface area contributed by atoms with Crippen molar-refractivity contribution in [3.8, 4) is 0 Å². The van der Waals surface area contributed by atoms with E-state index in [1.54, 1.807) is 24.3 Å². The van der Waals surface area contributed by atoms with E-state index in [1.807, 2.05) is 0 Å². The van der Waals surface area contributed by atoms with Crippen LogP contribution in [0.15, 0.2) is 42.6 Å². The first-order chi connectivity index (χ1) is 10.1. The minimum absolute atomic E-state index is 0.163. The first-order valence-electron chi connectivity index (χ1n) is 6.11. The Balaban J connectivity index is 2.11. The van der Waals surface area contributed by atoms with E-state index in [-0.39, 0.29) is 5.69 Å². The Hall–Kier alpha value is -2.76. The molecule has 0 aliphatic heterocycles. The number of benzene rings is 2. The second-order valence-corrected chi connectivity index (χ2v) is 4.45. The average molecular weight is 289 g/mol. The van der Waals surface area contributed by atoms with Crippen LogP contribution in [0.4, 0.5) is 30.2 Å². The number of nitrogens with zero attached hydrogens (tertiary/aromatic N) is 1. The van der Waals surface area contributed by atoms with E-state index in [2.05, 4.69) is 10.3 Å². The summed E-state index contributed by atoms with van der Waals surface area (Å²) in [5.41, 5.74) is 7.17. The summed E-state index contributed by atoms with van der Waals surface area (Å²) >= 11 is 0. The highest BCUT2D eigenvalue weighted by molar-refractivity contribution is 5.98. The Labute approximate surface area is 118 Å². The van der Waals surface area contributed by atoms with Gasteiger partial charge in [-0.25, -0.2) is 13.2 Å². The molecule has 0 amide bonds. The lowest BCUT2D eigenvalue weighted by Gasteiger charge is -2.11. The van der Waals surface area contributed by atoms with Gasteiger partial charge in [0.25, 0.3) is 0 Å². The third-order valence-electron chi connectivity index (χ3n) is 3.11. The van der Waals surface area contributed by atoms with E-state index >= 15 is 0 Å². The van der Waals surface area contributed by atoms with E-state index in [9.17, 15) is 13.2 Å². The molecular formula is C15H10F3N3. The van der Waals surface area contributed by atoms with Gasteiger partial charge in [0.1, 0.15) is 0 Å². The number of fused-ring (bicyclic) bond motifs is 1. The minimum atomic E-state index is -1.52. The fourth-order valence-corrected chi connectivity index (χ4v) is 2.08. The summed E-state index contributed by atoms with van der Waals surface area (Å²) in [4.78, 5) is 4.14. The number of pyridine rings is 1. The van der Waals surface area contributed by atoms with Gasteiger partial charge in [-0.15, -0.1) is 0 Å². The molecular weight excluding hydrogens is 279 g/mol. The summed E-state index contributed by atoms with van der Waals surface area (Å²) in [7, 11) is 0. The lowest BCUT2D eigenvalue weighted by molar-refractivity contribution is 0.449. The number of nitrogens with two attached hydrogens (primary N) is 1. The maximum Gasteiger partial charge on any atom is 0.196 e. The van der Waals surface area contributed by atoms with Crippen LogP contribution in [0, 0.1) is 17.5 Å². The number of nitrogen functional groups attached to an aromatic ring is 1. The molecule has 3 aromatic rings. The van der Waals surface area contributed by atoms with Crippen LogP contribution in [-0.4, -0.2) is 4.98 Å². The van der Waals surface area contributed by atoms with Gasteiger partial charge in [0.05, 0.1) is 16.9 Å². The van der Waals surface area contributed by atoms with Crippen molar-refractivity contribution < 1.29 is 13.2 Å². The van der Waals surface area contributed by atoms with Crippen LogP contribution in [0.2, 0.25) is 0 Å². The van der Waals surface area contributed by atoms with E-state index in [0.717, 1.165) is 12.1 Å². The van der Waals surface area contributed by atoms with Gasteiger partial charge in [0.2, 0.25) is 0 Å². The van der Waals surface area contributed by atoms with Crippen LogP contribution in [0.1, 0.15) is 0 Å². The minimum Gasteiger partial charge on any atom is -0.397 e. The van der Waals surface area contributed by atoms with Crippen LogP contribution < -0.4 is 11.1 Å². The van der Waals surface area contributed by atoms with Crippen molar-refractivity contribution in [2.24, 2.45) is 0 Å². The van der Waals surface area contributed by atoms with Crippen LogP contribution in [0.3, 0.4) is 0 Å². The molecule has 0 unspecified atom stereocenters. The topological polar surface area (TPSA) is 50.9 Å². The summed E-state index contributed by atoms with van der Waals surface area (Å²) in [6.45, 7) is 0. The van der Waals surface area contributed by atoms with Crippen molar-refractivity contribution in [3.63, 3.8) is 0 Å². The Morgan fingerprint density at radius 2 is 1.71 bits per heavy atom. The quantitative estimate of drug-likeness (QED) is 0.554. The molecule has 3 nitrogen and oxygen atoms in total. The lowest BCUT2D eigenvalue weighted by atomic mass is 10.1. The summed E-state index contributed by atoms with van der Waals surface area (Å²) < 4.78 is 39.9. The lowest BCUT2D eigenvalue weighted by Crippen LogP contribution is -2.00. The molecule has 0 bridgehead atoms. The smallest absolute Gasteiger partial charge is 0.196 e. The van der Waals surface area contributed by atoms with Crippen LogP contribution in [0.5, 0.6) is 0 Å². The van der Waals surface area contributed by atoms with Gasteiger partial charge < -0.3 is 11.1 Å².